The Morgan fingerprint density at radius 2 is 1.87 bits per heavy atom. The number of anilines is 1. The van der Waals surface area contributed by atoms with Gasteiger partial charge in [0.25, 0.3) is 5.91 Å². The summed E-state index contributed by atoms with van der Waals surface area (Å²) in [5, 5.41) is 3.29. The largest absolute Gasteiger partial charge is 0.497 e. The first kappa shape index (κ1) is 16.8. The third kappa shape index (κ3) is 4.45. The van der Waals surface area contributed by atoms with Gasteiger partial charge in [0.05, 0.1) is 18.4 Å². The molecule has 0 aliphatic heterocycles. The summed E-state index contributed by atoms with van der Waals surface area (Å²) < 4.78 is 5.15. The highest BCUT2D eigenvalue weighted by Gasteiger charge is 2.13. The Morgan fingerprint density at radius 3 is 2.48 bits per heavy atom. The molecule has 5 nitrogen and oxygen atoms in total. The summed E-state index contributed by atoms with van der Waals surface area (Å²) in [7, 11) is 1.65. The lowest BCUT2D eigenvalue weighted by atomic mass is 10.2. The summed E-state index contributed by atoms with van der Waals surface area (Å²) in [6, 6.07) is 9.71. The Labute approximate surface area is 137 Å². The van der Waals surface area contributed by atoms with Crippen LogP contribution < -0.4 is 10.1 Å². The summed E-state index contributed by atoms with van der Waals surface area (Å²) >= 11 is 0. The summed E-state index contributed by atoms with van der Waals surface area (Å²) in [6.07, 6.45) is 3.34. The van der Waals surface area contributed by atoms with E-state index in [-0.39, 0.29) is 5.91 Å². The fourth-order valence-electron chi connectivity index (χ4n) is 2.29. The highest BCUT2D eigenvalue weighted by Crippen LogP contribution is 2.15. The molecular weight excluding hydrogens is 290 g/mol. The van der Waals surface area contributed by atoms with Crippen LogP contribution in [-0.2, 0) is 6.54 Å². The third-order valence-corrected chi connectivity index (χ3v) is 3.69. The Kier molecular flexibility index (Phi) is 5.97. The normalized spacial score (nSPS) is 10.2. The first-order valence-corrected chi connectivity index (χ1v) is 7.79. The number of pyridine rings is 1. The van der Waals surface area contributed by atoms with Crippen molar-refractivity contribution in [3.8, 4) is 5.75 Å². The molecule has 0 aliphatic rings. The molecule has 2 rings (SSSR count). The van der Waals surface area contributed by atoms with Crippen LogP contribution in [0.3, 0.4) is 0 Å². The van der Waals surface area contributed by atoms with Gasteiger partial charge in [0.15, 0.2) is 0 Å². The van der Waals surface area contributed by atoms with E-state index in [1.807, 2.05) is 44.2 Å². The fourth-order valence-corrected chi connectivity index (χ4v) is 2.29. The number of hydrogen-bond acceptors (Lipinski definition) is 4. The average molecular weight is 313 g/mol. The van der Waals surface area contributed by atoms with E-state index in [1.165, 1.54) is 0 Å². The number of carbonyl (C=O) groups is 1. The van der Waals surface area contributed by atoms with E-state index in [0.29, 0.717) is 25.2 Å². The number of nitrogens with zero attached hydrogens (tertiary/aromatic N) is 2. The summed E-state index contributed by atoms with van der Waals surface area (Å²) in [5.74, 6) is 0.845. The van der Waals surface area contributed by atoms with Crippen LogP contribution in [0.15, 0.2) is 42.7 Å². The minimum Gasteiger partial charge on any atom is -0.497 e. The Balaban J connectivity index is 2.03. The number of benzene rings is 1. The van der Waals surface area contributed by atoms with Gasteiger partial charge < -0.3 is 15.0 Å². The SMILES string of the molecule is CCN(CC)C(=O)c1cncc(NCc2ccc(OC)cc2)c1. The van der Waals surface area contributed by atoms with Crippen LogP contribution in [0.4, 0.5) is 5.69 Å². The smallest absolute Gasteiger partial charge is 0.255 e. The van der Waals surface area contributed by atoms with Gasteiger partial charge in [0.2, 0.25) is 0 Å². The lowest BCUT2D eigenvalue weighted by molar-refractivity contribution is 0.0772. The summed E-state index contributed by atoms with van der Waals surface area (Å²) in [5.41, 5.74) is 2.57. The average Bonchev–Trinajstić information content (AvgIpc) is 2.61. The zero-order valence-corrected chi connectivity index (χ0v) is 13.9. The molecule has 0 atom stereocenters. The zero-order chi connectivity index (χ0) is 16.7. The van der Waals surface area contributed by atoms with Gasteiger partial charge in [-0.15, -0.1) is 0 Å². The molecule has 0 saturated carbocycles. The highest BCUT2D eigenvalue weighted by atomic mass is 16.5. The van der Waals surface area contributed by atoms with Crippen LogP contribution in [0.25, 0.3) is 0 Å². The van der Waals surface area contributed by atoms with Gasteiger partial charge in [0.1, 0.15) is 5.75 Å². The summed E-state index contributed by atoms with van der Waals surface area (Å²) in [4.78, 5) is 18.3. The van der Waals surface area contributed by atoms with Crippen molar-refractivity contribution in [3.63, 3.8) is 0 Å². The lowest BCUT2D eigenvalue weighted by Crippen LogP contribution is -2.30. The predicted molar refractivity (Wildman–Crippen MR) is 91.8 cm³/mol. The molecule has 0 fully saturated rings. The van der Waals surface area contributed by atoms with Crippen LogP contribution in [0.5, 0.6) is 5.75 Å². The quantitative estimate of drug-likeness (QED) is 0.853. The second-order valence-corrected chi connectivity index (χ2v) is 5.14. The van der Waals surface area contributed by atoms with Crippen LogP contribution in [0, 0.1) is 0 Å². The standard InChI is InChI=1S/C18H23N3O2/c1-4-21(5-2)18(22)15-10-16(13-19-12-15)20-11-14-6-8-17(23-3)9-7-14/h6-10,12-13,20H,4-5,11H2,1-3H3. The number of nitrogens with one attached hydrogen (secondary N) is 1. The number of carbonyl (C=O) groups excluding carboxylic acids is 1. The Hall–Kier alpha value is -2.56. The van der Waals surface area contributed by atoms with Gasteiger partial charge in [-0.3, -0.25) is 9.78 Å². The highest BCUT2D eigenvalue weighted by molar-refractivity contribution is 5.94. The number of rotatable bonds is 7. The van der Waals surface area contributed by atoms with Crippen molar-refractivity contribution in [1.29, 1.82) is 0 Å². The van der Waals surface area contributed by atoms with E-state index < -0.39 is 0 Å². The molecule has 0 aliphatic carbocycles. The third-order valence-electron chi connectivity index (χ3n) is 3.69. The predicted octanol–water partition coefficient (Wildman–Crippen LogP) is 3.18. The van der Waals surface area contributed by atoms with Crippen molar-refractivity contribution < 1.29 is 9.53 Å². The van der Waals surface area contributed by atoms with Crippen molar-refractivity contribution in [2.75, 3.05) is 25.5 Å². The van der Waals surface area contributed by atoms with E-state index in [0.717, 1.165) is 17.0 Å². The molecule has 122 valence electrons. The van der Waals surface area contributed by atoms with Gasteiger partial charge in [-0.1, -0.05) is 12.1 Å². The van der Waals surface area contributed by atoms with Gasteiger partial charge in [0, 0.05) is 32.0 Å². The molecule has 0 saturated heterocycles. The van der Waals surface area contributed by atoms with Crippen molar-refractivity contribution in [2.24, 2.45) is 0 Å². The molecule has 1 N–H and O–H groups in total. The van der Waals surface area contributed by atoms with Crippen molar-refractivity contribution in [1.82, 2.24) is 9.88 Å². The van der Waals surface area contributed by atoms with Crippen LogP contribution >= 0.6 is 0 Å². The van der Waals surface area contributed by atoms with E-state index in [4.69, 9.17) is 4.74 Å². The van der Waals surface area contributed by atoms with E-state index in [1.54, 1.807) is 24.4 Å². The maximum atomic E-state index is 12.3. The topological polar surface area (TPSA) is 54.5 Å². The summed E-state index contributed by atoms with van der Waals surface area (Å²) in [6.45, 7) is 5.99. The maximum Gasteiger partial charge on any atom is 0.255 e. The lowest BCUT2D eigenvalue weighted by Gasteiger charge is -2.18. The monoisotopic (exact) mass is 313 g/mol. The van der Waals surface area contributed by atoms with Gasteiger partial charge in [-0.25, -0.2) is 0 Å². The molecule has 5 heteroatoms. The maximum absolute atomic E-state index is 12.3. The fraction of sp³-hybridized carbons (Fsp3) is 0.333. The van der Waals surface area contributed by atoms with Crippen molar-refractivity contribution in [3.05, 3.63) is 53.9 Å². The minimum absolute atomic E-state index is 0.00981. The molecule has 1 amide bonds. The Morgan fingerprint density at radius 1 is 1.17 bits per heavy atom. The molecule has 1 aromatic carbocycles. The number of aromatic nitrogens is 1. The molecule has 0 radical (unpaired) electrons. The molecule has 0 unspecified atom stereocenters. The second-order valence-electron chi connectivity index (χ2n) is 5.14. The number of amides is 1. The number of hydrogen-bond donors (Lipinski definition) is 1. The molecule has 1 aromatic heterocycles. The van der Waals surface area contributed by atoms with E-state index in [9.17, 15) is 4.79 Å². The van der Waals surface area contributed by atoms with Gasteiger partial charge >= 0.3 is 0 Å². The molecular formula is C18H23N3O2. The zero-order valence-electron chi connectivity index (χ0n) is 13.9. The minimum atomic E-state index is 0.00981. The first-order chi connectivity index (χ1) is 11.2. The molecule has 0 bridgehead atoms. The van der Waals surface area contributed by atoms with Crippen LogP contribution in [-0.4, -0.2) is 36.0 Å². The first-order valence-electron chi connectivity index (χ1n) is 7.79. The molecule has 2 aromatic rings. The Bertz CT molecular complexity index is 637. The van der Waals surface area contributed by atoms with Crippen LogP contribution in [0.1, 0.15) is 29.8 Å². The van der Waals surface area contributed by atoms with Crippen molar-refractivity contribution in [2.45, 2.75) is 20.4 Å². The van der Waals surface area contributed by atoms with Crippen LogP contribution in [0.2, 0.25) is 0 Å². The molecule has 1 heterocycles. The van der Waals surface area contributed by atoms with Gasteiger partial charge in [-0.2, -0.15) is 0 Å². The number of ether oxygens (including phenoxy) is 1. The van der Waals surface area contributed by atoms with Gasteiger partial charge in [-0.05, 0) is 37.6 Å². The molecule has 0 spiro atoms. The number of methoxy groups -OCH3 is 1. The van der Waals surface area contributed by atoms with E-state index >= 15 is 0 Å². The molecule has 23 heavy (non-hydrogen) atoms. The van der Waals surface area contributed by atoms with E-state index in [2.05, 4.69) is 10.3 Å². The van der Waals surface area contributed by atoms with Crippen molar-refractivity contribution >= 4 is 11.6 Å². The second kappa shape index (κ2) is 8.17.